The van der Waals surface area contributed by atoms with E-state index in [-0.39, 0.29) is 17.3 Å². The van der Waals surface area contributed by atoms with Gasteiger partial charge in [-0.3, -0.25) is 5.10 Å². The number of carbonyl (C=O) groups excluding carboxylic acids is 1. The predicted molar refractivity (Wildman–Crippen MR) is 89.1 cm³/mol. The Morgan fingerprint density at radius 1 is 1.50 bits per heavy atom. The highest BCUT2D eigenvalue weighted by molar-refractivity contribution is 9.10. The summed E-state index contributed by atoms with van der Waals surface area (Å²) in [5.41, 5.74) is 7.52. The van der Waals surface area contributed by atoms with Crippen LogP contribution in [0.25, 0.3) is 0 Å². The molecule has 0 aliphatic carbocycles. The molecule has 0 bridgehead atoms. The number of ether oxygens (including phenoxy) is 1. The summed E-state index contributed by atoms with van der Waals surface area (Å²) in [6, 6.07) is 7.65. The Hall–Kier alpha value is -2.79. The number of nitrogens with zero attached hydrogens (tertiary/aromatic N) is 3. The van der Waals surface area contributed by atoms with E-state index in [4.69, 9.17) is 10.5 Å². The molecule has 0 radical (unpaired) electrons. The van der Waals surface area contributed by atoms with E-state index in [9.17, 15) is 10.1 Å². The Kier molecular flexibility index (Phi) is 2.84. The zero-order chi connectivity index (χ0) is 17.2. The average molecular weight is 386 g/mol. The number of aryl methyl sites for hydroxylation is 1. The Balaban J connectivity index is 2.21. The lowest BCUT2D eigenvalue weighted by molar-refractivity contribution is -0.135. The van der Waals surface area contributed by atoms with Crippen LogP contribution in [0, 0.1) is 18.3 Å². The molecular formula is C16H12BrN5O2. The Bertz CT molecular complexity index is 987. The summed E-state index contributed by atoms with van der Waals surface area (Å²) in [6.07, 6.45) is 0. The Morgan fingerprint density at radius 3 is 2.96 bits per heavy atom. The van der Waals surface area contributed by atoms with Crippen LogP contribution < -0.4 is 15.4 Å². The van der Waals surface area contributed by atoms with Gasteiger partial charge in [-0.05, 0) is 25.1 Å². The maximum absolute atomic E-state index is 13.0. The molecule has 2 aliphatic heterocycles. The van der Waals surface area contributed by atoms with Crippen molar-refractivity contribution in [2.75, 3.05) is 11.9 Å². The number of H-pyrrole nitrogens is 1. The molecule has 3 N–H and O–H groups in total. The van der Waals surface area contributed by atoms with Gasteiger partial charge in [-0.2, -0.15) is 5.26 Å². The number of aromatic amines is 1. The van der Waals surface area contributed by atoms with E-state index in [0.717, 1.165) is 10.2 Å². The molecule has 7 nitrogen and oxygen atoms in total. The summed E-state index contributed by atoms with van der Waals surface area (Å²) >= 11 is 3.44. The summed E-state index contributed by atoms with van der Waals surface area (Å²) in [6.45, 7) is 1.79. The standard InChI is InChI=1S/C16H12BrN5O2/c1-7-12-14(21-20-7)24-15(23)16(12)9-5-8(17)3-4-11(9)22(2)13(19)10(16)6-18/h3-5H,19H2,1-2H3,(H,20,21). The molecule has 0 saturated heterocycles. The van der Waals surface area contributed by atoms with Crippen LogP contribution in [0.2, 0.25) is 0 Å². The molecule has 1 aromatic carbocycles. The number of halogens is 1. The Morgan fingerprint density at radius 2 is 2.25 bits per heavy atom. The molecule has 1 unspecified atom stereocenters. The van der Waals surface area contributed by atoms with Crippen LogP contribution in [0.5, 0.6) is 5.88 Å². The number of nitrogens with one attached hydrogen (secondary N) is 1. The third-order valence-corrected chi connectivity index (χ3v) is 5.11. The molecule has 2 aromatic rings. The zero-order valence-electron chi connectivity index (χ0n) is 12.8. The number of anilines is 1. The van der Waals surface area contributed by atoms with Crippen molar-refractivity contribution in [2.24, 2.45) is 5.73 Å². The van der Waals surface area contributed by atoms with Gasteiger partial charge in [-0.15, -0.1) is 5.10 Å². The van der Waals surface area contributed by atoms with Gasteiger partial charge in [0.1, 0.15) is 11.9 Å². The molecule has 4 rings (SSSR count). The maximum atomic E-state index is 13.0. The fourth-order valence-electron chi connectivity index (χ4n) is 3.53. The highest BCUT2D eigenvalue weighted by Crippen LogP contribution is 2.55. The Labute approximate surface area is 145 Å². The van der Waals surface area contributed by atoms with Crippen LogP contribution in [0.3, 0.4) is 0 Å². The number of hydrogen-bond acceptors (Lipinski definition) is 6. The van der Waals surface area contributed by atoms with Gasteiger partial charge in [0, 0.05) is 28.5 Å². The van der Waals surface area contributed by atoms with E-state index in [1.807, 2.05) is 18.2 Å². The maximum Gasteiger partial charge on any atom is 0.333 e. The summed E-state index contributed by atoms with van der Waals surface area (Å²) in [7, 11) is 1.76. The van der Waals surface area contributed by atoms with E-state index in [1.54, 1.807) is 18.9 Å². The molecule has 1 spiro atoms. The fraction of sp³-hybridized carbons (Fsp3) is 0.188. The van der Waals surface area contributed by atoms with Crippen molar-refractivity contribution in [1.29, 1.82) is 5.26 Å². The van der Waals surface area contributed by atoms with E-state index in [1.165, 1.54) is 0 Å². The molecule has 3 heterocycles. The summed E-state index contributed by atoms with van der Waals surface area (Å²) in [4.78, 5) is 14.7. The number of hydrogen-bond donors (Lipinski definition) is 2. The molecule has 2 aliphatic rings. The first-order valence-electron chi connectivity index (χ1n) is 7.14. The molecule has 8 heteroatoms. The highest BCUT2D eigenvalue weighted by atomic mass is 79.9. The summed E-state index contributed by atoms with van der Waals surface area (Å²) < 4.78 is 6.16. The minimum absolute atomic E-state index is 0.142. The third kappa shape index (κ3) is 1.50. The van der Waals surface area contributed by atoms with Crippen molar-refractivity contribution in [2.45, 2.75) is 12.3 Å². The second-order valence-corrected chi connectivity index (χ2v) is 6.68. The number of carbonyl (C=O) groups is 1. The van der Waals surface area contributed by atoms with Gasteiger partial charge >= 0.3 is 5.97 Å². The normalized spacial score (nSPS) is 21.6. The fourth-order valence-corrected chi connectivity index (χ4v) is 3.89. The van der Waals surface area contributed by atoms with Crippen molar-refractivity contribution in [3.05, 3.63) is 50.9 Å². The minimum Gasteiger partial charge on any atom is -0.404 e. The van der Waals surface area contributed by atoms with Crippen LogP contribution in [0.15, 0.2) is 34.1 Å². The number of nitriles is 1. The highest BCUT2D eigenvalue weighted by Gasteiger charge is 2.60. The van der Waals surface area contributed by atoms with Gasteiger partial charge in [0.15, 0.2) is 5.41 Å². The number of rotatable bonds is 0. The van der Waals surface area contributed by atoms with Gasteiger partial charge < -0.3 is 15.4 Å². The molecule has 0 fully saturated rings. The smallest absolute Gasteiger partial charge is 0.333 e. The van der Waals surface area contributed by atoms with Crippen LogP contribution >= 0.6 is 15.9 Å². The summed E-state index contributed by atoms with van der Waals surface area (Å²) in [5, 5.41) is 16.7. The number of fused-ring (bicyclic) bond motifs is 4. The van der Waals surface area contributed by atoms with Gasteiger partial charge in [-0.25, -0.2) is 4.79 Å². The molecule has 0 amide bonds. The first kappa shape index (κ1) is 14.8. The van der Waals surface area contributed by atoms with Gasteiger partial charge in [0.05, 0.1) is 11.1 Å². The number of nitrogens with two attached hydrogens (primary N) is 1. The van der Waals surface area contributed by atoms with E-state index >= 15 is 0 Å². The lowest BCUT2D eigenvalue weighted by Crippen LogP contribution is -2.46. The van der Waals surface area contributed by atoms with E-state index in [2.05, 4.69) is 32.2 Å². The molecule has 120 valence electrons. The second-order valence-electron chi connectivity index (χ2n) is 5.76. The van der Waals surface area contributed by atoms with Gasteiger partial charge in [0.2, 0.25) is 5.88 Å². The predicted octanol–water partition coefficient (Wildman–Crippen LogP) is 1.83. The number of esters is 1. The molecule has 24 heavy (non-hydrogen) atoms. The third-order valence-electron chi connectivity index (χ3n) is 4.61. The topological polar surface area (TPSA) is 108 Å². The molecular weight excluding hydrogens is 374 g/mol. The van der Waals surface area contributed by atoms with Crippen LogP contribution in [0.1, 0.15) is 16.8 Å². The lowest BCUT2D eigenvalue weighted by Gasteiger charge is -2.38. The van der Waals surface area contributed by atoms with Gasteiger partial charge in [0.25, 0.3) is 0 Å². The van der Waals surface area contributed by atoms with E-state index < -0.39 is 11.4 Å². The first-order valence-corrected chi connectivity index (χ1v) is 7.94. The van der Waals surface area contributed by atoms with E-state index in [0.29, 0.717) is 16.8 Å². The summed E-state index contributed by atoms with van der Waals surface area (Å²) in [5.74, 6) is -0.157. The molecule has 0 saturated carbocycles. The van der Waals surface area contributed by atoms with Crippen molar-refractivity contribution in [3.63, 3.8) is 0 Å². The van der Waals surface area contributed by atoms with Crippen molar-refractivity contribution >= 4 is 27.6 Å². The molecule has 1 atom stereocenters. The number of benzene rings is 1. The molecule has 1 aromatic heterocycles. The second kappa shape index (κ2) is 4.61. The average Bonchev–Trinajstić information content (AvgIpc) is 3.05. The minimum atomic E-state index is -1.41. The van der Waals surface area contributed by atoms with Crippen molar-refractivity contribution in [1.82, 2.24) is 10.2 Å². The van der Waals surface area contributed by atoms with Crippen molar-refractivity contribution < 1.29 is 9.53 Å². The zero-order valence-corrected chi connectivity index (χ0v) is 14.4. The van der Waals surface area contributed by atoms with Crippen LogP contribution in [0.4, 0.5) is 5.69 Å². The van der Waals surface area contributed by atoms with Crippen LogP contribution in [-0.4, -0.2) is 23.2 Å². The van der Waals surface area contributed by atoms with Gasteiger partial charge in [-0.1, -0.05) is 15.9 Å². The first-order chi connectivity index (χ1) is 11.4. The van der Waals surface area contributed by atoms with Crippen LogP contribution in [-0.2, 0) is 10.2 Å². The number of aromatic nitrogens is 2. The lowest BCUT2D eigenvalue weighted by atomic mass is 9.68. The SMILES string of the molecule is Cc1[nH]nc2c1C1(C(=O)O2)C(C#N)=C(N)N(C)c2ccc(Br)cc21. The largest absolute Gasteiger partial charge is 0.404 e. The monoisotopic (exact) mass is 385 g/mol. The quantitative estimate of drug-likeness (QED) is 0.669. The van der Waals surface area contributed by atoms with Crippen molar-refractivity contribution in [3.8, 4) is 11.9 Å².